The van der Waals surface area contributed by atoms with E-state index in [9.17, 15) is 23.4 Å². The highest BCUT2D eigenvalue weighted by Gasteiger charge is 2.32. The predicted octanol–water partition coefficient (Wildman–Crippen LogP) is 3.53. The zero-order chi connectivity index (χ0) is 20.6. The molecular weight excluding hydrogens is 387 g/mol. The van der Waals surface area contributed by atoms with E-state index < -0.39 is 23.6 Å². The van der Waals surface area contributed by atoms with Crippen molar-refractivity contribution >= 4 is 16.6 Å². The minimum atomic E-state index is -4.62. The van der Waals surface area contributed by atoms with Gasteiger partial charge < -0.3 is 15.5 Å². The Balaban J connectivity index is 1.76. The zero-order valence-corrected chi connectivity index (χ0v) is 15.2. The van der Waals surface area contributed by atoms with Crippen LogP contribution in [-0.4, -0.2) is 42.5 Å². The summed E-state index contributed by atoms with van der Waals surface area (Å²) in [6.45, 7) is 0. The van der Waals surface area contributed by atoms with Gasteiger partial charge in [-0.3, -0.25) is 4.98 Å². The van der Waals surface area contributed by atoms with Crippen molar-refractivity contribution in [2.45, 2.75) is 44.0 Å². The Morgan fingerprint density at radius 3 is 2.55 bits per heavy atom. The fourth-order valence-electron chi connectivity index (χ4n) is 3.52. The largest absolute Gasteiger partial charge is 0.506 e. The molecule has 2 atom stereocenters. The predicted molar refractivity (Wildman–Crippen MR) is 99.1 cm³/mol. The number of nitrogens with one attached hydrogen (secondary N) is 1. The number of hydrogen-bond donors (Lipinski definition) is 3. The van der Waals surface area contributed by atoms with Gasteiger partial charge in [0.2, 0.25) is 0 Å². The third kappa shape index (κ3) is 3.80. The third-order valence-corrected chi connectivity index (χ3v) is 5.05. The van der Waals surface area contributed by atoms with E-state index >= 15 is 0 Å². The maximum absolute atomic E-state index is 12.8. The van der Waals surface area contributed by atoms with Crippen LogP contribution in [0.3, 0.4) is 0 Å². The van der Waals surface area contributed by atoms with Gasteiger partial charge in [0, 0.05) is 29.4 Å². The standard InChI is InChI=1S/C19H18F3N5O2/c20-19(21,22)10-7-15(29)17(24-8-10)16-12-9-23-6-5-11(12)18(27-26-16)25-13-3-1-2-4-14(13)28/h5-9,13-14,28-29H,1-4H2,(H,25,27). The average Bonchev–Trinajstić information content (AvgIpc) is 2.69. The molecule has 0 aromatic carbocycles. The van der Waals surface area contributed by atoms with Gasteiger partial charge in [-0.05, 0) is 25.0 Å². The molecule has 29 heavy (non-hydrogen) atoms. The molecule has 2 unspecified atom stereocenters. The van der Waals surface area contributed by atoms with Crippen LogP contribution in [0.4, 0.5) is 19.0 Å². The summed E-state index contributed by atoms with van der Waals surface area (Å²) in [5.74, 6) is -0.216. The first-order valence-corrected chi connectivity index (χ1v) is 9.16. The maximum Gasteiger partial charge on any atom is 0.418 e. The molecule has 0 radical (unpaired) electrons. The van der Waals surface area contributed by atoms with Crippen LogP contribution in [0.25, 0.3) is 22.2 Å². The minimum absolute atomic E-state index is 0.118. The first-order valence-electron chi connectivity index (χ1n) is 9.16. The Hall–Kier alpha value is -3.01. The van der Waals surface area contributed by atoms with Crippen LogP contribution < -0.4 is 5.32 Å². The molecule has 3 N–H and O–H groups in total. The van der Waals surface area contributed by atoms with Gasteiger partial charge in [0.15, 0.2) is 5.82 Å². The normalized spacial score (nSPS) is 20.0. The number of anilines is 1. The van der Waals surface area contributed by atoms with Crippen LogP contribution in [0.2, 0.25) is 0 Å². The smallest absolute Gasteiger partial charge is 0.418 e. The molecule has 3 aromatic rings. The monoisotopic (exact) mass is 405 g/mol. The zero-order valence-electron chi connectivity index (χ0n) is 15.2. The number of hydrogen-bond acceptors (Lipinski definition) is 7. The van der Waals surface area contributed by atoms with E-state index in [0.717, 1.165) is 19.3 Å². The number of aliphatic hydroxyl groups excluding tert-OH is 1. The van der Waals surface area contributed by atoms with Crippen molar-refractivity contribution in [3.63, 3.8) is 0 Å². The molecule has 0 amide bonds. The molecule has 0 bridgehead atoms. The molecule has 3 aromatic heterocycles. The van der Waals surface area contributed by atoms with Gasteiger partial charge in [-0.25, -0.2) is 4.98 Å². The second-order valence-electron chi connectivity index (χ2n) is 7.01. The summed E-state index contributed by atoms with van der Waals surface area (Å²) < 4.78 is 38.5. The van der Waals surface area contributed by atoms with Gasteiger partial charge >= 0.3 is 6.18 Å². The van der Waals surface area contributed by atoms with Gasteiger partial charge in [-0.1, -0.05) is 12.8 Å². The van der Waals surface area contributed by atoms with Gasteiger partial charge in [0.1, 0.15) is 17.1 Å². The lowest BCUT2D eigenvalue weighted by Crippen LogP contribution is -2.36. The molecule has 1 fully saturated rings. The number of pyridine rings is 2. The van der Waals surface area contributed by atoms with Crippen molar-refractivity contribution in [2.24, 2.45) is 0 Å². The average molecular weight is 405 g/mol. The van der Waals surface area contributed by atoms with E-state index in [-0.39, 0.29) is 17.4 Å². The highest BCUT2D eigenvalue weighted by Crippen LogP contribution is 2.37. The molecule has 7 nitrogen and oxygen atoms in total. The Morgan fingerprint density at radius 2 is 1.83 bits per heavy atom. The Kier molecular flexibility index (Phi) is 4.95. The summed E-state index contributed by atoms with van der Waals surface area (Å²) in [7, 11) is 0. The summed E-state index contributed by atoms with van der Waals surface area (Å²) in [6.07, 6.45) is 2.01. The number of aliphatic hydroxyl groups is 1. The van der Waals surface area contributed by atoms with Crippen molar-refractivity contribution < 1.29 is 23.4 Å². The van der Waals surface area contributed by atoms with Gasteiger partial charge in [-0.15, -0.1) is 10.2 Å². The SMILES string of the molecule is Oc1cc(C(F)(F)F)cnc1-c1nnc(NC2CCCCC2O)c2ccncc12. The number of rotatable bonds is 3. The lowest BCUT2D eigenvalue weighted by atomic mass is 9.92. The minimum Gasteiger partial charge on any atom is -0.506 e. The molecule has 0 spiro atoms. The maximum atomic E-state index is 12.8. The number of aromatic hydroxyl groups is 1. The summed E-state index contributed by atoms with van der Waals surface area (Å²) in [5.41, 5.74) is -1.06. The van der Waals surface area contributed by atoms with E-state index in [1.54, 1.807) is 12.3 Å². The van der Waals surface area contributed by atoms with Crippen LogP contribution in [-0.2, 0) is 6.18 Å². The molecule has 0 saturated heterocycles. The third-order valence-electron chi connectivity index (χ3n) is 5.05. The lowest BCUT2D eigenvalue weighted by Gasteiger charge is -2.29. The number of nitrogens with zero attached hydrogens (tertiary/aromatic N) is 4. The van der Waals surface area contributed by atoms with Crippen molar-refractivity contribution in [2.75, 3.05) is 5.32 Å². The quantitative estimate of drug-likeness (QED) is 0.612. The Bertz CT molecular complexity index is 1040. The summed E-state index contributed by atoms with van der Waals surface area (Å²) in [5, 5.41) is 32.9. The second kappa shape index (κ2) is 7.43. The van der Waals surface area contributed by atoms with E-state index in [0.29, 0.717) is 35.3 Å². The van der Waals surface area contributed by atoms with Crippen LogP contribution in [0.15, 0.2) is 30.7 Å². The second-order valence-corrected chi connectivity index (χ2v) is 7.01. The number of halogens is 3. The topological polar surface area (TPSA) is 104 Å². The fraction of sp³-hybridized carbons (Fsp3) is 0.368. The summed E-state index contributed by atoms with van der Waals surface area (Å²) in [4.78, 5) is 7.82. The molecular formula is C19H18F3N5O2. The Labute approximate surface area is 163 Å². The molecule has 3 heterocycles. The van der Waals surface area contributed by atoms with Crippen LogP contribution in [0, 0.1) is 0 Å². The highest BCUT2D eigenvalue weighted by atomic mass is 19.4. The molecule has 1 aliphatic carbocycles. The molecule has 152 valence electrons. The van der Waals surface area contributed by atoms with Crippen molar-refractivity contribution in [1.29, 1.82) is 0 Å². The molecule has 0 aliphatic heterocycles. The van der Waals surface area contributed by atoms with E-state index in [1.807, 2.05) is 0 Å². The molecule has 10 heteroatoms. The van der Waals surface area contributed by atoms with Gasteiger partial charge in [0.05, 0.1) is 17.7 Å². The Morgan fingerprint density at radius 1 is 1.03 bits per heavy atom. The van der Waals surface area contributed by atoms with Crippen LogP contribution in [0.1, 0.15) is 31.2 Å². The molecule has 1 aliphatic rings. The molecule has 1 saturated carbocycles. The number of aromatic nitrogens is 4. The van der Waals surface area contributed by atoms with Crippen LogP contribution in [0.5, 0.6) is 5.75 Å². The number of fused-ring (bicyclic) bond motifs is 1. The lowest BCUT2D eigenvalue weighted by molar-refractivity contribution is -0.137. The van der Waals surface area contributed by atoms with Crippen molar-refractivity contribution in [3.8, 4) is 17.1 Å². The van der Waals surface area contributed by atoms with Crippen molar-refractivity contribution in [1.82, 2.24) is 20.2 Å². The first kappa shape index (κ1) is 19.3. The van der Waals surface area contributed by atoms with E-state index in [1.165, 1.54) is 6.20 Å². The summed E-state index contributed by atoms with van der Waals surface area (Å²) in [6, 6.07) is 2.13. The number of alkyl halides is 3. The van der Waals surface area contributed by atoms with E-state index in [4.69, 9.17) is 0 Å². The summed E-state index contributed by atoms with van der Waals surface area (Å²) >= 11 is 0. The van der Waals surface area contributed by atoms with Crippen LogP contribution >= 0.6 is 0 Å². The fourth-order valence-corrected chi connectivity index (χ4v) is 3.52. The van der Waals surface area contributed by atoms with Gasteiger partial charge in [-0.2, -0.15) is 13.2 Å². The molecule has 4 rings (SSSR count). The van der Waals surface area contributed by atoms with Crippen molar-refractivity contribution in [3.05, 3.63) is 36.3 Å². The van der Waals surface area contributed by atoms with E-state index in [2.05, 4.69) is 25.5 Å². The van der Waals surface area contributed by atoms with Gasteiger partial charge in [0.25, 0.3) is 0 Å². The first-order chi connectivity index (χ1) is 13.8. The highest BCUT2D eigenvalue weighted by molar-refractivity contribution is 5.99.